The second-order valence-corrected chi connectivity index (χ2v) is 5.70. The third-order valence-corrected chi connectivity index (χ3v) is 3.84. The van der Waals surface area contributed by atoms with Crippen LogP contribution in [0.15, 0.2) is 23.1 Å². The van der Waals surface area contributed by atoms with Crippen LogP contribution in [0.4, 0.5) is 22.0 Å². The van der Waals surface area contributed by atoms with Crippen molar-refractivity contribution in [2.75, 3.05) is 0 Å². The second-order valence-electron chi connectivity index (χ2n) is 4.35. The Labute approximate surface area is 121 Å². The van der Waals surface area contributed by atoms with E-state index < -0.39 is 55.2 Å². The van der Waals surface area contributed by atoms with Gasteiger partial charge in [0, 0.05) is 5.56 Å². The van der Waals surface area contributed by atoms with E-state index in [0.717, 1.165) is 12.1 Å². The van der Waals surface area contributed by atoms with E-state index in [1.807, 2.05) is 0 Å². The Bertz CT molecular complexity index is 849. The van der Waals surface area contributed by atoms with Gasteiger partial charge in [0.25, 0.3) is 0 Å². The van der Waals surface area contributed by atoms with Crippen molar-refractivity contribution in [1.82, 2.24) is 0 Å². The van der Waals surface area contributed by atoms with Crippen molar-refractivity contribution >= 4 is 10.1 Å². The van der Waals surface area contributed by atoms with Crippen molar-refractivity contribution in [2.45, 2.75) is 11.8 Å². The minimum atomic E-state index is -5.20. The molecule has 0 saturated heterocycles. The zero-order chi connectivity index (χ0) is 16.8. The predicted octanol–water partition coefficient (Wildman–Crippen LogP) is 3.26. The molecule has 0 saturated carbocycles. The fourth-order valence-electron chi connectivity index (χ4n) is 1.99. The van der Waals surface area contributed by atoms with Gasteiger partial charge in [-0.3, -0.25) is 0 Å². The normalized spacial score (nSPS) is 11.8. The number of rotatable bonds is 2. The summed E-state index contributed by atoms with van der Waals surface area (Å²) in [6.07, 6.45) is 0. The molecule has 0 bridgehead atoms. The third kappa shape index (κ3) is 2.46. The lowest BCUT2D eigenvalue weighted by molar-refractivity contribution is 0.381. The largest absolute Gasteiger partial charge is 0.744 e. The van der Waals surface area contributed by atoms with Crippen molar-refractivity contribution in [3.8, 4) is 11.1 Å². The number of benzene rings is 2. The minimum Gasteiger partial charge on any atom is -0.744 e. The molecule has 0 N–H and O–H groups in total. The summed E-state index contributed by atoms with van der Waals surface area (Å²) >= 11 is 0. The molecule has 2 rings (SSSR count). The van der Waals surface area contributed by atoms with Crippen molar-refractivity contribution in [1.29, 1.82) is 0 Å². The van der Waals surface area contributed by atoms with Gasteiger partial charge >= 0.3 is 0 Å². The molecule has 0 aromatic heterocycles. The average molecular weight is 337 g/mol. The fraction of sp³-hybridized carbons (Fsp3) is 0.0769. The summed E-state index contributed by atoms with van der Waals surface area (Å²) in [4.78, 5) is -1.07. The van der Waals surface area contributed by atoms with Crippen LogP contribution >= 0.6 is 0 Å². The Morgan fingerprint density at radius 3 is 1.73 bits per heavy atom. The zero-order valence-electron chi connectivity index (χ0n) is 10.8. The van der Waals surface area contributed by atoms with Gasteiger partial charge in [0.1, 0.15) is 10.1 Å². The van der Waals surface area contributed by atoms with E-state index in [1.165, 1.54) is 13.0 Å². The second kappa shape index (κ2) is 5.33. The van der Waals surface area contributed by atoms with E-state index in [-0.39, 0.29) is 5.56 Å². The molecule has 0 heterocycles. The highest BCUT2D eigenvalue weighted by molar-refractivity contribution is 7.85. The Kier molecular flexibility index (Phi) is 3.96. The van der Waals surface area contributed by atoms with E-state index in [2.05, 4.69) is 0 Å². The third-order valence-electron chi connectivity index (χ3n) is 2.96. The van der Waals surface area contributed by atoms with E-state index >= 15 is 0 Å². The molecule has 2 aromatic carbocycles. The molecule has 0 spiro atoms. The van der Waals surface area contributed by atoms with E-state index in [4.69, 9.17) is 0 Å². The lowest BCUT2D eigenvalue weighted by Gasteiger charge is -2.17. The molecule has 0 unspecified atom stereocenters. The SMILES string of the molecule is Cc1cccc(S(=O)(=O)[O-])c1-c1c(F)c(F)c(F)c(F)c1F. The lowest BCUT2D eigenvalue weighted by atomic mass is 9.99. The molecule has 22 heavy (non-hydrogen) atoms. The van der Waals surface area contributed by atoms with Gasteiger partial charge in [-0.05, 0) is 18.6 Å². The van der Waals surface area contributed by atoms with Gasteiger partial charge in [0.05, 0.1) is 10.5 Å². The van der Waals surface area contributed by atoms with Crippen molar-refractivity contribution in [2.24, 2.45) is 0 Å². The van der Waals surface area contributed by atoms with Crippen LogP contribution in [0.1, 0.15) is 5.56 Å². The Morgan fingerprint density at radius 1 is 0.818 bits per heavy atom. The number of hydrogen-bond acceptors (Lipinski definition) is 3. The van der Waals surface area contributed by atoms with Crippen LogP contribution in [0.5, 0.6) is 0 Å². The monoisotopic (exact) mass is 337 g/mol. The van der Waals surface area contributed by atoms with Crippen molar-refractivity contribution in [3.05, 3.63) is 52.8 Å². The quantitative estimate of drug-likeness (QED) is 0.366. The topological polar surface area (TPSA) is 57.2 Å². The molecular weight excluding hydrogens is 331 g/mol. The van der Waals surface area contributed by atoms with Gasteiger partial charge in [-0.25, -0.2) is 30.4 Å². The van der Waals surface area contributed by atoms with Crippen LogP contribution < -0.4 is 0 Å². The van der Waals surface area contributed by atoms with Gasteiger partial charge in [-0.1, -0.05) is 12.1 Å². The minimum absolute atomic E-state index is 0.139. The molecule has 0 aliphatic heterocycles. The van der Waals surface area contributed by atoms with E-state index in [9.17, 15) is 34.9 Å². The maximum atomic E-state index is 13.8. The predicted molar refractivity (Wildman–Crippen MR) is 64.4 cm³/mol. The molecule has 0 aliphatic rings. The first-order valence-electron chi connectivity index (χ1n) is 5.64. The average Bonchev–Trinajstić information content (AvgIpc) is 2.43. The zero-order valence-corrected chi connectivity index (χ0v) is 11.6. The van der Waals surface area contributed by atoms with Crippen molar-refractivity contribution < 1.29 is 34.9 Å². The first-order chi connectivity index (χ1) is 10.1. The highest BCUT2D eigenvalue weighted by Gasteiger charge is 2.29. The van der Waals surface area contributed by atoms with Gasteiger partial charge < -0.3 is 4.55 Å². The van der Waals surface area contributed by atoms with Crippen LogP contribution in [0.2, 0.25) is 0 Å². The summed E-state index contributed by atoms with van der Waals surface area (Å²) in [5, 5.41) is 0. The highest BCUT2D eigenvalue weighted by atomic mass is 32.2. The van der Waals surface area contributed by atoms with E-state index in [0.29, 0.717) is 0 Å². The molecule has 3 nitrogen and oxygen atoms in total. The van der Waals surface area contributed by atoms with Gasteiger partial charge in [-0.15, -0.1) is 0 Å². The maximum absolute atomic E-state index is 13.8. The first kappa shape index (κ1) is 16.4. The molecule has 0 radical (unpaired) electrons. The lowest BCUT2D eigenvalue weighted by Crippen LogP contribution is -2.09. The smallest absolute Gasteiger partial charge is 0.200 e. The number of halogens is 5. The molecule has 0 fully saturated rings. The number of hydrogen-bond donors (Lipinski definition) is 0. The van der Waals surface area contributed by atoms with Crippen LogP contribution in [0, 0.1) is 36.0 Å². The van der Waals surface area contributed by atoms with Gasteiger partial charge in [0.15, 0.2) is 23.3 Å². The molecule has 118 valence electrons. The van der Waals surface area contributed by atoms with Crippen LogP contribution in [0.3, 0.4) is 0 Å². The molecule has 0 atom stereocenters. The van der Waals surface area contributed by atoms with Gasteiger partial charge in [-0.2, -0.15) is 0 Å². The highest BCUT2D eigenvalue weighted by Crippen LogP contribution is 2.37. The summed E-state index contributed by atoms with van der Waals surface area (Å²) in [6.45, 7) is 1.17. The standard InChI is InChI=1S/C13H7F5O3S/c1-5-3-2-4-6(22(19,20)21)7(5)8-9(14)11(16)13(18)12(17)10(8)15/h2-4H,1H3,(H,19,20,21)/p-1. The Morgan fingerprint density at radius 2 is 1.27 bits per heavy atom. The van der Waals surface area contributed by atoms with Gasteiger partial charge in [0.2, 0.25) is 5.82 Å². The summed E-state index contributed by atoms with van der Waals surface area (Å²) in [6, 6.07) is 3.00. The molecule has 0 aliphatic carbocycles. The molecule has 0 amide bonds. The summed E-state index contributed by atoms with van der Waals surface area (Å²) in [5.41, 5.74) is -2.45. The fourth-order valence-corrected chi connectivity index (χ4v) is 2.75. The Hall–Kier alpha value is -2.00. The van der Waals surface area contributed by atoms with Crippen molar-refractivity contribution in [3.63, 3.8) is 0 Å². The van der Waals surface area contributed by atoms with E-state index in [1.54, 1.807) is 0 Å². The van der Waals surface area contributed by atoms with Crippen LogP contribution in [0.25, 0.3) is 11.1 Å². The number of aryl methyl sites for hydroxylation is 1. The maximum Gasteiger partial charge on any atom is 0.200 e. The summed E-state index contributed by atoms with van der Waals surface area (Å²) in [5.74, 6) is -11.3. The Balaban J connectivity index is 3.03. The molecule has 9 heteroatoms. The summed E-state index contributed by atoms with van der Waals surface area (Å²) < 4.78 is 101. The van der Waals surface area contributed by atoms with Crippen LogP contribution in [-0.2, 0) is 10.1 Å². The molecular formula is C13H6F5O3S-. The molecule has 2 aromatic rings. The first-order valence-corrected chi connectivity index (χ1v) is 7.05. The summed E-state index contributed by atoms with van der Waals surface area (Å²) in [7, 11) is -5.20. The van der Waals surface area contributed by atoms with Crippen LogP contribution in [-0.4, -0.2) is 13.0 Å².